The minimum atomic E-state index is -0.487. The third-order valence-corrected chi connectivity index (χ3v) is 7.29. The van der Waals surface area contributed by atoms with Gasteiger partial charge in [-0.05, 0) is 41.6 Å². The highest BCUT2D eigenvalue weighted by molar-refractivity contribution is 7.99. The summed E-state index contributed by atoms with van der Waals surface area (Å²) in [6.45, 7) is 0. The third kappa shape index (κ3) is 4.45. The van der Waals surface area contributed by atoms with Crippen LogP contribution in [-0.2, 0) is 0 Å². The van der Waals surface area contributed by atoms with Crippen LogP contribution in [0.4, 0.5) is 5.69 Å². The van der Waals surface area contributed by atoms with Crippen molar-refractivity contribution in [2.75, 3.05) is 0 Å². The topological polar surface area (TPSA) is 108 Å². The predicted molar refractivity (Wildman–Crippen MR) is 147 cm³/mol. The molecule has 8 nitrogen and oxygen atoms in total. The van der Waals surface area contributed by atoms with E-state index in [2.05, 4.69) is 10.2 Å². The zero-order valence-electron chi connectivity index (χ0n) is 20.2. The number of nitro benzene ring substituents is 1. The van der Waals surface area contributed by atoms with Crippen LogP contribution in [0.1, 0.15) is 26.3 Å². The molecular weight excluding hydrogens is 512 g/mol. The number of fused-ring (bicyclic) bond motifs is 1. The highest BCUT2D eigenvalue weighted by Crippen LogP contribution is 2.38. The van der Waals surface area contributed by atoms with Gasteiger partial charge >= 0.3 is 0 Å². The lowest BCUT2D eigenvalue weighted by Crippen LogP contribution is -2.01. The molecule has 0 N–H and O–H groups in total. The van der Waals surface area contributed by atoms with Gasteiger partial charge in [-0.15, -0.1) is 10.2 Å². The first kappa shape index (κ1) is 24.2. The molecular formula is C30H18N4O4S. The summed E-state index contributed by atoms with van der Waals surface area (Å²) in [4.78, 5) is 37.5. The van der Waals surface area contributed by atoms with E-state index in [0.29, 0.717) is 32.6 Å². The molecule has 0 radical (unpaired) electrons. The van der Waals surface area contributed by atoms with E-state index in [1.807, 2.05) is 65.2 Å². The Bertz CT molecular complexity index is 1760. The van der Waals surface area contributed by atoms with Crippen LogP contribution in [0.15, 0.2) is 119 Å². The van der Waals surface area contributed by atoms with Crippen molar-refractivity contribution in [1.82, 2.24) is 14.8 Å². The molecule has 0 spiro atoms. The number of hydrogen-bond acceptors (Lipinski definition) is 7. The number of allylic oxidation sites excluding steroid dienone is 1. The quantitative estimate of drug-likeness (QED) is 0.107. The molecule has 1 heterocycles. The highest BCUT2D eigenvalue weighted by Gasteiger charge is 2.32. The van der Waals surface area contributed by atoms with Crippen LogP contribution in [0.2, 0.25) is 0 Å². The van der Waals surface area contributed by atoms with Crippen LogP contribution in [0, 0.1) is 10.1 Å². The van der Waals surface area contributed by atoms with Crippen molar-refractivity contribution in [2.45, 2.75) is 10.1 Å². The molecule has 5 aromatic rings. The molecule has 0 atom stereocenters. The molecule has 0 aliphatic heterocycles. The fraction of sp³-hybridized carbons (Fsp3) is 0. The van der Waals surface area contributed by atoms with E-state index in [-0.39, 0.29) is 22.8 Å². The van der Waals surface area contributed by atoms with Crippen LogP contribution < -0.4 is 0 Å². The number of benzene rings is 4. The number of nitro groups is 1. The molecule has 1 aliphatic carbocycles. The first-order valence-electron chi connectivity index (χ1n) is 11.9. The average Bonchev–Trinajstić information content (AvgIpc) is 3.49. The van der Waals surface area contributed by atoms with E-state index in [4.69, 9.17) is 0 Å². The third-order valence-electron chi connectivity index (χ3n) is 6.28. The van der Waals surface area contributed by atoms with Gasteiger partial charge in [-0.3, -0.25) is 24.3 Å². The molecule has 1 aromatic heterocycles. The standard InChI is InChI=1S/C30H18N4O4S/c35-27-22-13-7-8-14-23(22)28(36)24(27)17-19-15-16-26(25(18-19)34(37)38)39-30-32-31-29(20-9-3-1-4-10-20)33(30)21-11-5-2-6-12-21/h1-18H. The van der Waals surface area contributed by atoms with Crippen molar-refractivity contribution < 1.29 is 14.5 Å². The monoisotopic (exact) mass is 530 g/mol. The zero-order valence-corrected chi connectivity index (χ0v) is 21.0. The van der Waals surface area contributed by atoms with Gasteiger partial charge in [0.2, 0.25) is 5.16 Å². The second kappa shape index (κ2) is 9.96. The summed E-state index contributed by atoms with van der Waals surface area (Å²) in [7, 11) is 0. The van der Waals surface area contributed by atoms with Gasteiger partial charge in [-0.2, -0.15) is 0 Å². The molecule has 0 amide bonds. The molecule has 0 saturated carbocycles. The molecule has 9 heteroatoms. The first-order chi connectivity index (χ1) is 19.0. The Labute approximate surface area is 226 Å². The van der Waals surface area contributed by atoms with E-state index in [1.54, 1.807) is 36.4 Å². The van der Waals surface area contributed by atoms with Gasteiger partial charge in [-0.25, -0.2) is 0 Å². The number of hydrogen-bond donors (Lipinski definition) is 0. The van der Waals surface area contributed by atoms with E-state index in [1.165, 1.54) is 12.1 Å². The second-order valence-corrected chi connectivity index (χ2v) is 9.70. The average molecular weight is 531 g/mol. The first-order valence-corrected chi connectivity index (χ1v) is 12.8. The van der Waals surface area contributed by atoms with Gasteiger partial charge in [0.1, 0.15) is 0 Å². The highest BCUT2D eigenvalue weighted by atomic mass is 32.2. The molecule has 6 rings (SSSR count). The Balaban J connectivity index is 1.39. The minimum Gasteiger partial charge on any atom is -0.288 e. The molecule has 188 valence electrons. The predicted octanol–water partition coefficient (Wildman–Crippen LogP) is 6.46. The Hall–Kier alpha value is -5.15. The van der Waals surface area contributed by atoms with Crippen molar-refractivity contribution in [3.8, 4) is 17.1 Å². The molecule has 1 aliphatic rings. The number of aromatic nitrogens is 3. The maximum absolute atomic E-state index is 12.8. The number of carbonyl (C=O) groups excluding carboxylic acids is 2. The Kier molecular flexibility index (Phi) is 6.18. The Morgan fingerprint density at radius 3 is 2.03 bits per heavy atom. The number of nitrogens with zero attached hydrogens (tertiary/aromatic N) is 4. The molecule has 0 fully saturated rings. The SMILES string of the molecule is O=C1C(=Cc2ccc(Sc3nnc(-c4ccccc4)n3-c3ccccc3)c([N+](=O)[O-])c2)C(=O)c2ccccc21. The summed E-state index contributed by atoms with van der Waals surface area (Å²) in [6.07, 6.45) is 1.41. The van der Waals surface area contributed by atoms with Crippen molar-refractivity contribution >= 4 is 35.1 Å². The van der Waals surface area contributed by atoms with Gasteiger partial charge in [0, 0.05) is 28.4 Å². The molecule has 0 bridgehead atoms. The minimum absolute atomic E-state index is 0.0118. The number of rotatable bonds is 6. The number of ketones is 2. The summed E-state index contributed by atoms with van der Waals surface area (Å²) in [5.41, 5.74) is 2.53. The lowest BCUT2D eigenvalue weighted by atomic mass is 10.1. The van der Waals surface area contributed by atoms with Crippen LogP contribution in [0.5, 0.6) is 0 Å². The Morgan fingerprint density at radius 2 is 1.38 bits per heavy atom. The van der Waals surface area contributed by atoms with E-state index >= 15 is 0 Å². The normalized spacial score (nSPS) is 12.5. The van der Waals surface area contributed by atoms with Crippen molar-refractivity contribution in [2.24, 2.45) is 0 Å². The molecule has 39 heavy (non-hydrogen) atoms. The van der Waals surface area contributed by atoms with Crippen LogP contribution in [0.3, 0.4) is 0 Å². The summed E-state index contributed by atoms with van der Waals surface area (Å²) < 4.78 is 1.85. The summed E-state index contributed by atoms with van der Waals surface area (Å²) in [5.74, 6) is -0.173. The number of carbonyl (C=O) groups is 2. The van der Waals surface area contributed by atoms with Gasteiger partial charge in [0.15, 0.2) is 17.4 Å². The fourth-order valence-corrected chi connectivity index (χ4v) is 5.38. The second-order valence-electron chi connectivity index (χ2n) is 8.69. The molecule has 0 unspecified atom stereocenters. The summed E-state index contributed by atoms with van der Waals surface area (Å²) >= 11 is 1.11. The lowest BCUT2D eigenvalue weighted by molar-refractivity contribution is -0.387. The van der Waals surface area contributed by atoms with Crippen molar-refractivity contribution in [3.05, 3.63) is 136 Å². The fourth-order valence-electron chi connectivity index (χ4n) is 4.44. The largest absolute Gasteiger partial charge is 0.288 e. The summed E-state index contributed by atoms with van der Waals surface area (Å²) in [6, 6.07) is 30.3. The van der Waals surface area contributed by atoms with Crippen LogP contribution in [-0.4, -0.2) is 31.3 Å². The van der Waals surface area contributed by atoms with E-state index in [9.17, 15) is 19.7 Å². The number of para-hydroxylation sites is 1. The Morgan fingerprint density at radius 1 is 0.769 bits per heavy atom. The lowest BCUT2D eigenvalue weighted by Gasteiger charge is -2.10. The summed E-state index contributed by atoms with van der Waals surface area (Å²) in [5, 5.41) is 21.3. The van der Waals surface area contributed by atoms with E-state index < -0.39 is 4.92 Å². The van der Waals surface area contributed by atoms with Crippen LogP contribution >= 0.6 is 11.8 Å². The molecule has 0 saturated heterocycles. The zero-order chi connectivity index (χ0) is 26.9. The van der Waals surface area contributed by atoms with Crippen molar-refractivity contribution in [1.29, 1.82) is 0 Å². The van der Waals surface area contributed by atoms with Gasteiger partial charge in [0.25, 0.3) is 5.69 Å². The van der Waals surface area contributed by atoms with Crippen LogP contribution in [0.25, 0.3) is 23.2 Å². The maximum Gasteiger partial charge on any atom is 0.283 e. The van der Waals surface area contributed by atoms with Crippen molar-refractivity contribution in [3.63, 3.8) is 0 Å². The maximum atomic E-state index is 12.8. The van der Waals surface area contributed by atoms with E-state index in [0.717, 1.165) is 23.0 Å². The molecule has 4 aromatic carbocycles. The van der Waals surface area contributed by atoms with Gasteiger partial charge in [0.05, 0.1) is 15.4 Å². The number of Topliss-reactive ketones (excluding diaryl/α,β-unsaturated/α-hetero) is 2. The smallest absolute Gasteiger partial charge is 0.283 e. The van der Waals surface area contributed by atoms with Gasteiger partial charge < -0.3 is 0 Å². The van der Waals surface area contributed by atoms with Gasteiger partial charge in [-0.1, -0.05) is 78.9 Å².